The van der Waals surface area contributed by atoms with Crippen LogP contribution in [0.15, 0.2) is 36.4 Å². The molecule has 4 rings (SSSR count). The highest BCUT2D eigenvalue weighted by Gasteiger charge is 2.13. The first-order chi connectivity index (χ1) is 19.0. The molecular weight excluding hydrogens is 530 g/mol. The van der Waals surface area contributed by atoms with E-state index >= 15 is 0 Å². The lowest BCUT2D eigenvalue weighted by Gasteiger charge is -2.19. The van der Waals surface area contributed by atoms with E-state index in [1.807, 2.05) is 12.1 Å². The number of amides is 2. The van der Waals surface area contributed by atoms with Crippen LogP contribution in [-0.4, -0.2) is 78.1 Å². The Morgan fingerprint density at radius 3 is 1.69 bits per heavy atom. The molecule has 0 spiro atoms. The van der Waals surface area contributed by atoms with E-state index < -0.39 is 0 Å². The molecule has 0 atom stereocenters. The topological polar surface area (TPSA) is 140 Å². The van der Waals surface area contributed by atoms with Gasteiger partial charge in [-0.1, -0.05) is 0 Å². The minimum atomic E-state index is -0.242. The molecule has 0 aromatic heterocycles. The summed E-state index contributed by atoms with van der Waals surface area (Å²) in [6.45, 7) is 4.17. The predicted molar refractivity (Wildman–Crippen MR) is 150 cm³/mol. The minimum Gasteiger partial charge on any atom is -0.486 e. The van der Waals surface area contributed by atoms with Crippen molar-refractivity contribution in [1.29, 1.82) is 0 Å². The van der Waals surface area contributed by atoms with Gasteiger partial charge in [-0.15, -0.1) is 11.6 Å². The number of benzene rings is 2. The number of fused-ring (bicyclic) bond motifs is 2. The van der Waals surface area contributed by atoms with Crippen molar-refractivity contribution < 1.29 is 38.0 Å². The Labute approximate surface area is 234 Å². The first kappa shape index (κ1) is 32.0. The van der Waals surface area contributed by atoms with E-state index in [-0.39, 0.29) is 17.7 Å². The van der Waals surface area contributed by atoms with E-state index in [2.05, 4.69) is 15.4 Å². The monoisotopic (exact) mass is 567 g/mol. The van der Waals surface area contributed by atoms with E-state index in [4.69, 9.17) is 41.0 Å². The summed E-state index contributed by atoms with van der Waals surface area (Å²) in [4.78, 5) is 22.8. The Bertz CT molecular complexity index is 1020. The van der Waals surface area contributed by atoms with Gasteiger partial charge in [0, 0.05) is 57.3 Å². The van der Waals surface area contributed by atoms with Gasteiger partial charge in [-0.25, -0.2) is 0 Å². The summed E-state index contributed by atoms with van der Waals surface area (Å²) < 4.78 is 31.1. The summed E-state index contributed by atoms with van der Waals surface area (Å²) >= 11 is 5.38. The highest BCUT2D eigenvalue weighted by molar-refractivity contribution is 6.29. The van der Waals surface area contributed by atoms with Gasteiger partial charge in [0.25, 0.3) is 0 Å². The molecule has 216 valence electrons. The molecule has 12 heteroatoms. The molecule has 0 fully saturated rings. The van der Waals surface area contributed by atoms with Crippen molar-refractivity contribution in [1.82, 2.24) is 0 Å². The van der Waals surface area contributed by atoms with Crippen molar-refractivity contribution in [3.8, 4) is 23.0 Å². The molecule has 0 bridgehead atoms. The average Bonchev–Trinajstić information content (AvgIpc) is 2.96. The number of nitrogens with two attached hydrogens (primary N) is 1. The number of rotatable bonds is 10. The molecule has 2 amide bonds. The molecule has 2 aromatic carbocycles. The maximum absolute atomic E-state index is 11.7. The Kier molecular flexibility index (Phi) is 15.5. The van der Waals surface area contributed by atoms with Crippen molar-refractivity contribution in [2.75, 3.05) is 76.9 Å². The van der Waals surface area contributed by atoms with E-state index in [1.165, 1.54) is 0 Å². The summed E-state index contributed by atoms with van der Waals surface area (Å²) in [5.41, 5.74) is 6.41. The van der Waals surface area contributed by atoms with Crippen LogP contribution < -0.4 is 35.3 Å². The maximum atomic E-state index is 11.7. The normalized spacial score (nSPS) is 12.6. The molecule has 0 unspecified atom stereocenters. The third-order valence-electron chi connectivity index (χ3n) is 5.10. The lowest BCUT2D eigenvalue weighted by molar-refractivity contribution is -0.116. The molecule has 0 saturated carbocycles. The van der Waals surface area contributed by atoms with Gasteiger partial charge in [0.15, 0.2) is 23.0 Å². The Hall–Kier alpha value is -3.25. The smallest absolute Gasteiger partial charge is 0.239 e. The first-order valence-corrected chi connectivity index (χ1v) is 13.2. The largest absolute Gasteiger partial charge is 0.486 e. The number of unbranched alkanes of at least 4 members (excludes halogenated alkanes) is 1. The third kappa shape index (κ3) is 12.4. The Balaban J connectivity index is 0.000000238. The average molecular weight is 568 g/mol. The van der Waals surface area contributed by atoms with E-state index in [9.17, 15) is 9.59 Å². The second-order valence-corrected chi connectivity index (χ2v) is 8.45. The molecule has 2 aromatic rings. The number of carbonyl (C=O) groups is 2. The van der Waals surface area contributed by atoms with Crippen LogP contribution in [0, 0.1) is 0 Å². The van der Waals surface area contributed by atoms with Gasteiger partial charge in [0.1, 0.15) is 32.3 Å². The molecule has 2 aliphatic rings. The van der Waals surface area contributed by atoms with Crippen LogP contribution in [0.1, 0.15) is 19.3 Å². The number of alkyl halides is 1. The molecule has 39 heavy (non-hydrogen) atoms. The number of halogens is 1. The van der Waals surface area contributed by atoms with E-state index in [0.717, 1.165) is 24.3 Å². The molecule has 4 N–H and O–H groups in total. The van der Waals surface area contributed by atoms with Crippen molar-refractivity contribution >= 4 is 34.8 Å². The summed E-state index contributed by atoms with van der Waals surface area (Å²) in [7, 11) is 3.29. The van der Waals surface area contributed by atoms with Gasteiger partial charge in [-0.2, -0.15) is 0 Å². The SMILES string of the molecule is COCCCCC(=O)Nc1ccc2c(c1)OCCO2.COCCN.O=C(CCl)Nc1ccc2c(c1)OCCO2. The lowest BCUT2D eigenvalue weighted by atomic mass is 10.2. The zero-order valence-electron chi connectivity index (χ0n) is 22.5. The zero-order valence-corrected chi connectivity index (χ0v) is 23.2. The summed E-state index contributed by atoms with van der Waals surface area (Å²) in [6, 6.07) is 10.7. The molecule has 0 saturated heterocycles. The van der Waals surface area contributed by atoms with Gasteiger partial charge >= 0.3 is 0 Å². The number of ether oxygens (including phenoxy) is 6. The standard InChI is InChI=1S/C14H19NO4.C10H10ClNO3.C3H9NO/c1-17-7-3-2-4-14(16)15-11-5-6-12-13(10-11)19-9-8-18-12;11-6-10(13)12-7-1-2-8-9(5-7)15-4-3-14-8;1-5-3-2-4/h5-6,10H,2-4,7-9H2,1H3,(H,15,16);1-2,5H,3-4,6H2,(H,12,13);2-4H2,1H3. The van der Waals surface area contributed by atoms with E-state index in [0.29, 0.717) is 75.5 Å². The second kappa shape index (κ2) is 18.9. The highest BCUT2D eigenvalue weighted by Crippen LogP contribution is 2.33. The van der Waals surface area contributed by atoms with Gasteiger partial charge in [-0.05, 0) is 37.1 Å². The van der Waals surface area contributed by atoms with Crippen LogP contribution in [0.4, 0.5) is 11.4 Å². The fourth-order valence-electron chi connectivity index (χ4n) is 3.31. The first-order valence-electron chi connectivity index (χ1n) is 12.6. The third-order valence-corrected chi connectivity index (χ3v) is 5.34. The quantitative estimate of drug-likeness (QED) is 0.291. The molecular formula is C27H38ClN3O8. The van der Waals surface area contributed by atoms with Crippen LogP contribution in [0.2, 0.25) is 0 Å². The second-order valence-electron chi connectivity index (χ2n) is 8.18. The summed E-state index contributed by atoms with van der Waals surface area (Å²) in [5, 5.41) is 5.49. The van der Waals surface area contributed by atoms with Crippen LogP contribution in [0.25, 0.3) is 0 Å². The lowest BCUT2D eigenvalue weighted by Crippen LogP contribution is -2.16. The maximum Gasteiger partial charge on any atom is 0.239 e. The number of carbonyl (C=O) groups excluding carboxylic acids is 2. The van der Waals surface area contributed by atoms with Crippen molar-refractivity contribution in [2.45, 2.75) is 19.3 Å². The minimum absolute atomic E-state index is 0.00720. The van der Waals surface area contributed by atoms with Crippen molar-refractivity contribution in [2.24, 2.45) is 5.73 Å². The molecule has 0 aliphatic carbocycles. The zero-order chi connectivity index (χ0) is 28.3. The molecule has 2 heterocycles. The fraction of sp³-hybridized carbons (Fsp3) is 0.481. The molecule has 0 radical (unpaired) electrons. The van der Waals surface area contributed by atoms with Crippen molar-refractivity contribution in [3.05, 3.63) is 36.4 Å². The van der Waals surface area contributed by atoms with Crippen LogP contribution in [0.5, 0.6) is 23.0 Å². The highest BCUT2D eigenvalue weighted by atomic mass is 35.5. The van der Waals surface area contributed by atoms with Gasteiger partial charge in [0.05, 0.1) is 6.61 Å². The number of hydrogen-bond donors (Lipinski definition) is 3. The number of anilines is 2. The molecule has 2 aliphatic heterocycles. The van der Waals surface area contributed by atoms with Crippen LogP contribution in [0.3, 0.4) is 0 Å². The fourth-order valence-corrected chi connectivity index (χ4v) is 3.38. The van der Waals surface area contributed by atoms with Gasteiger partial charge < -0.3 is 44.8 Å². The van der Waals surface area contributed by atoms with Crippen LogP contribution >= 0.6 is 11.6 Å². The number of nitrogens with one attached hydrogen (secondary N) is 2. The van der Waals surface area contributed by atoms with Gasteiger partial charge in [0.2, 0.25) is 11.8 Å². The van der Waals surface area contributed by atoms with Crippen molar-refractivity contribution in [3.63, 3.8) is 0 Å². The van der Waals surface area contributed by atoms with E-state index in [1.54, 1.807) is 38.5 Å². The summed E-state index contributed by atoms with van der Waals surface area (Å²) in [5.74, 6) is 2.46. The number of methoxy groups -OCH3 is 2. The number of hydrogen-bond acceptors (Lipinski definition) is 9. The Morgan fingerprint density at radius 1 is 0.769 bits per heavy atom. The predicted octanol–water partition coefficient (Wildman–Crippen LogP) is 3.44. The Morgan fingerprint density at radius 2 is 1.26 bits per heavy atom. The summed E-state index contributed by atoms with van der Waals surface area (Å²) in [6.07, 6.45) is 2.22. The van der Waals surface area contributed by atoms with Gasteiger partial charge in [-0.3, -0.25) is 9.59 Å². The molecule has 11 nitrogen and oxygen atoms in total. The van der Waals surface area contributed by atoms with Crippen LogP contribution in [-0.2, 0) is 19.1 Å².